The molecule has 1 aliphatic rings. The van der Waals surface area contributed by atoms with E-state index in [0.29, 0.717) is 11.6 Å². The first-order valence-corrected chi connectivity index (χ1v) is 8.40. The Kier molecular flexibility index (Phi) is 4.22. The fourth-order valence-electron chi connectivity index (χ4n) is 2.02. The minimum Gasteiger partial charge on any atom is -0.506 e. The van der Waals surface area contributed by atoms with Crippen LogP contribution in [-0.4, -0.2) is 37.0 Å². The van der Waals surface area contributed by atoms with Crippen molar-refractivity contribution in [2.45, 2.75) is 38.0 Å². The largest absolute Gasteiger partial charge is 0.506 e. The molecule has 2 atom stereocenters. The molecule has 112 valence electrons. The molecule has 0 aromatic heterocycles. The van der Waals surface area contributed by atoms with Crippen LogP contribution in [0.1, 0.15) is 31.4 Å². The van der Waals surface area contributed by atoms with Crippen molar-refractivity contribution >= 4 is 15.7 Å². The van der Waals surface area contributed by atoms with Crippen molar-refractivity contribution in [1.29, 1.82) is 0 Å². The number of sulfonamides is 1. The molecule has 1 fully saturated rings. The zero-order valence-electron chi connectivity index (χ0n) is 11.5. The van der Waals surface area contributed by atoms with E-state index < -0.39 is 16.1 Å². The lowest BCUT2D eigenvalue weighted by Gasteiger charge is -2.21. The molecule has 0 spiro atoms. The Labute approximate surface area is 118 Å². The summed E-state index contributed by atoms with van der Waals surface area (Å²) < 4.78 is 24.7. The van der Waals surface area contributed by atoms with E-state index in [4.69, 9.17) is 0 Å². The molecule has 0 amide bonds. The normalized spacial score (nSPS) is 18.6. The molecule has 6 nitrogen and oxygen atoms in total. The van der Waals surface area contributed by atoms with E-state index in [0.717, 1.165) is 19.1 Å². The molecule has 0 unspecified atom stereocenters. The standard InChI is InChI=1S/C13H20N2O4S/c1-8(14-10-4-5-10)13(17)9-3-6-12(16)11(7-9)15-20(2,18)19/h3,6-8,10,13-17H,4-5H2,1-2H3/t8-,13-/m0/s1. The highest BCUT2D eigenvalue weighted by Crippen LogP contribution is 2.30. The number of hydrogen-bond donors (Lipinski definition) is 4. The maximum Gasteiger partial charge on any atom is 0.229 e. The van der Waals surface area contributed by atoms with E-state index >= 15 is 0 Å². The van der Waals surface area contributed by atoms with Crippen molar-refractivity contribution in [2.75, 3.05) is 11.0 Å². The summed E-state index contributed by atoms with van der Waals surface area (Å²) in [7, 11) is -3.48. The van der Waals surface area contributed by atoms with Gasteiger partial charge in [0.2, 0.25) is 10.0 Å². The summed E-state index contributed by atoms with van der Waals surface area (Å²) in [5.74, 6) is -0.172. The van der Waals surface area contributed by atoms with Gasteiger partial charge in [0.05, 0.1) is 18.0 Å². The molecule has 0 saturated heterocycles. The fraction of sp³-hybridized carbons (Fsp3) is 0.538. The van der Waals surface area contributed by atoms with E-state index in [1.807, 2.05) is 6.92 Å². The fourth-order valence-corrected chi connectivity index (χ4v) is 2.58. The summed E-state index contributed by atoms with van der Waals surface area (Å²) in [6, 6.07) is 4.73. The topological polar surface area (TPSA) is 98.7 Å². The number of anilines is 1. The smallest absolute Gasteiger partial charge is 0.229 e. The Morgan fingerprint density at radius 1 is 1.35 bits per heavy atom. The van der Waals surface area contributed by atoms with Crippen molar-refractivity contribution in [1.82, 2.24) is 5.32 Å². The molecule has 0 aliphatic heterocycles. The molecule has 4 N–H and O–H groups in total. The van der Waals surface area contributed by atoms with Gasteiger partial charge in [0.15, 0.2) is 0 Å². The molecular weight excluding hydrogens is 280 g/mol. The number of aliphatic hydroxyl groups is 1. The van der Waals surface area contributed by atoms with Gasteiger partial charge < -0.3 is 15.5 Å². The average Bonchev–Trinajstić information content (AvgIpc) is 3.13. The van der Waals surface area contributed by atoms with Crippen LogP contribution in [0.15, 0.2) is 18.2 Å². The Balaban J connectivity index is 2.16. The molecule has 1 saturated carbocycles. The molecule has 1 aromatic rings. The number of phenols is 1. The van der Waals surface area contributed by atoms with Crippen LogP contribution in [0.4, 0.5) is 5.69 Å². The summed E-state index contributed by atoms with van der Waals surface area (Å²) in [5, 5.41) is 23.2. The lowest BCUT2D eigenvalue weighted by molar-refractivity contribution is 0.135. The summed E-state index contributed by atoms with van der Waals surface area (Å²) in [6.07, 6.45) is 2.48. The lowest BCUT2D eigenvalue weighted by atomic mass is 10.0. The van der Waals surface area contributed by atoms with Crippen LogP contribution in [0.2, 0.25) is 0 Å². The maximum absolute atomic E-state index is 11.2. The first kappa shape index (κ1) is 15.1. The number of aliphatic hydroxyl groups excluding tert-OH is 1. The summed E-state index contributed by atoms with van der Waals surface area (Å²) in [6.45, 7) is 1.87. The third-order valence-corrected chi connectivity index (χ3v) is 3.80. The predicted molar refractivity (Wildman–Crippen MR) is 77.2 cm³/mol. The van der Waals surface area contributed by atoms with Crippen LogP contribution in [-0.2, 0) is 10.0 Å². The predicted octanol–water partition coefficient (Wildman–Crippen LogP) is 0.938. The van der Waals surface area contributed by atoms with Gasteiger partial charge in [-0.25, -0.2) is 8.42 Å². The van der Waals surface area contributed by atoms with E-state index in [2.05, 4.69) is 10.0 Å². The van der Waals surface area contributed by atoms with Gasteiger partial charge in [-0.05, 0) is 37.5 Å². The molecule has 7 heteroatoms. The minimum absolute atomic E-state index is 0.0719. The zero-order chi connectivity index (χ0) is 14.9. The molecule has 0 bridgehead atoms. The lowest BCUT2D eigenvalue weighted by Crippen LogP contribution is -2.33. The number of benzene rings is 1. The Morgan fingerprint density at radius 2 is 2.00 bits per heavy atom. The van der Waals surface area contributed by atoms with E-state index in [9.17, 15) is 18.6 Å². The van der Waals surface area contributed by atoms with Crippen molar-refractivity contribution < 1.29 is 18.6 Å². The second-order valence-corrected chi connectivity index (χ2v) is 7.07. The SMILES string of the molecule is C[C@H](NC1CC1)[C@H](O)c1ccc(O)c(NS(C)(=O)=O)c1. The number of aromatic hydroxyl groups is 1. The summed E-state index contributed by atoms with van der Waals surface area (Å²) in [5.41, 5.74) is 0.622. The highest BCUT2D eigenvalue weighted by molar-refractivity contribution is 7.92. The summed E-state index contributed by atoms with van der Waals surface area (Å²) in [4.78, 5) is 0. The third-order valence-electron chi connectivity index (χ3n) is 3.21. The summed E-state index contributed by atoms with van der Waals surface area (Å²) >= 11 is 0. The van der Waals surface area contributed by atoms with Gasteiger partial charge in [-0.3, -0.25) is 4.72 Å². The van der Waals surface area contributed by atoms with Crippen molar-refractivity contribution in [3.05, 3.63) is 23.8 Å². The Morgan fingerprint density at radius 3 is 2.55 bits per heavy atom. The zero-order valence-corrected chi connectivity index (χ0v) is 12.3. The second-order valence-electron chi connectivity index (χ2n) is 5.33. The highest BCUT2D eigenvalue weighted by atomic mass is 32.2. The number of nitrogens with one attached hydrogen (secondary N) is 2. The van der Waals surface area contributed by atoms with Crippen LogP contribution in [0, 0.1) is 0 Å². The van der Waals surface area contributed by atoms with E-state index in [1.54, 1.807) is 6.07 Å². The van der Waals surface area contributed by atoms with Gasteiger partial charge in [0.1, 0.15) is 5.75 Å². The minimum atomic E-state index is -3.48. The molecule has 1 aliphatic carbocycles. The third kappa shape index (κ3) is 4.09. The Bertz CT molecular complexity index is 584. The van der Waals surface area contributed by atoms with Crippen LogP contribution in [0.3, 0.4) is 0 Å². The number of rotatable bonds is 6. The molecule has 0 heterocycles. The average molecular weight is 300 g/mol. The van der Waals surface area contributed by atoms with Gasteiger partial charge in [-0.2, -0.15) is 0 Å². The second kappa shape index (κ2) is 5.59. The molecular formula is C13H20N2O4S. The van der Waals surface area contributed by atoms with Gasteiger partial charge in [-0.15, -0.1) is 0 Å². The van der Waals surface area contributed by atoms with Crippen molar-refractivity contribution in [3.63, 3.8) is 0 Å². The number of phenolic OH excluding ortho intramolecular Hbond substituents is 1. The van der Waals surface area contributed by atoms with E-state index in [1.165, 1.54) is 12.1 Å². The molecule has 0 radical (unpaired) electrons. The molecule has 20 heavy (non-hydrogen) atoms. The van der Waals surface area contributed by atoms with Crippen LogP contribution in [0.5, 0.6) is 5.75 Å². The number of hydrogen-bond acceptors (Lipinski definition) is 5. The van der Waals surface area contributed by atoms with Crippen LogP contribution >= 0.6 is 0 Å². The van der Waals surface area contributed by atoms with Gasteiger partial charge in [0.25, 0.3) is 0 Å². The van der Waals surface area contributed by atoms with Crippen molar-refractivity contribution in [3.8, 4) is 5.75 Å². The first-order valence-electron chi connectivity index (χ1n) is 6.51. The van der Waals surface area contributed by atoms with Gasteiger partial charge in [-0.1, -0.05) is 6.07 Å². The maximum atomic E-state index is 11.2. The van der Waals surface area contributed by atoms with E-state index in [-0.39, 0.29) is 17.5 Å². The van der Waals surface area contributed by atoms with Crippen LogP contribution < -0.4 is 10.0 Å². The first-order chi connectivity index (χ1) is 9.26. The monoisotopic (exact) mass is 300 g/mol. The van der Waals surface area contributed by atoms with Gasteiger partial charge >= 0.3 is 0 Å². The molecule has 1 aromatic carbocycles. The Hall–Kier alpha value is -1.31. The van der Waals surface area contributed by atoms with Crippen LogP contribution in [0.25, 0.3) is 0 Å². The quantitative estimate of drug-likeness (QED) is 0.586. The highest BCUT2D eigenvalue weighted by Gasteiger charge is 2.26. The van der Waals surface area contributed by atoms with Gasteiger partial charge in [0, 0.05) is 12.1 Å². The van der Waals surface area contributed by atoms with Crippen molar-refractivity contribution in [2.24, 2.45) is 0 Å². The molecule has 2 rings (SSSR count).